The third kappa shape index (κ3) is 9.20. The Labute approximate surface area is 137 Å². The summed E-state index contributed by atoms with van der Waals surface area (Å²) in [6.07, 6.45) is 1.09. The SMILES string of the molecule is CC(=O)Nc1ccccc1[As](=O)(O)OO.CC(C)CCC(=O)O. The third-order valence-electron chi connectivity index (χ3n) is 2.57. The number of rotatable bonds is 6. The first-order valence-corrected chi connectivity index (χ1v) is 10.2. The van der Waals surface area contributed by atoms with Gasteiger partial charge in [-0.3, -0.25) is 4.79 Å². The number of nitrogens with one attached hydrogen (secondary N) is 1. The summed E-state index contributed by atoms with van der Waals surface area (Å²) in [5.41, 5.74) is 0.157. The molecule has 1 aromatic carbocycles. The first-order valence-electron chi connectivity index (χ1n) is 6.85. The van der Waals surface area contributed by atoms with E-state index in [1.807, 2.05) is 13.8 Å². The summed E-state index contributed by atoms with van der Waals surface area (Å²) in [5.74, 6) is -0.569. The zero-order chi connectivity index (χ0) is 18.0. The van der Waals surface area contributed by atoms with Gasteiger partial charge in [-0.2, -0.15) is 0 Å². The first kappa shape index (κ1) is 21.4. The minimum Gasteiger partial charge on any atom is -0.481 e. The molecule has 0 saturated heterocycles. The molecule has 0 saturated carbocycles. The van der Waals surface area contributed by atoms with Gasteiger partial charge < -0.3 is 5.11 Å². The number of carboxylic acids is 1. The van der Waals surface area contributed by atoms with Gasteiger partial charge in [0, 0.05) is 6.42 Å². The number of hydrogen-bond donors (Lipinski definition) is 4. The molecular weight excluding hydrogens is 369 g/mol. The molecule has 0 aliphatic carbocycles. The van der Waals surface area contributed by atoms with Crippen LogP contribution in [0.3, 0.4) is 0 Å². The number of carbonyl (C=O) groups excluding carboxylic acids is 1. The molecule has 8 nitrogen and oxygen atoms in total. The standard InChI is InChI=1S/C8H10AsNO5.C6H12O2/c1-6(11)10-8-5-3-2-4-7(8)9(12,13)15-14;1-5(2)3-4-6(7)8/h2-5,14H,1H3,(H,10,11)(H,12,13);5H,3-4H2,1-2H3,(H,7,8). The van der Waals surface area contributed by atoms with Gasteiger partial charge >= 0.3 is 94.4 Å². The summed E-state index contributed by atoms with van der Waals surface area (Å²) in [4.78, 5) is 20.7. The molecule has 9 heteroatoms. The van der Waals surface area contributed by atoms with E-state index in [2.05, 4.69) is 9.19 Å². The summed E-state index contributed by atoms with van der Waals surface area (Å²) in [7, 11) is 0. The van der Waals surface area contributed by atoms with Crippen LogP contribution in [0.4, 0.5) is 5.69 Å². The monoisotopic (exact) mass is 391 g/mol. The van der Waals surface area contributed by atoms with Gasteiger partial charge in [-0.25, -0.2) is 0 Å². The molecule has 0 aliphatic heterocycles. The molecule has 0 radical (unpaired) electrons. The summed E-state index contributed by atoms with van der Waals surface area (Å²) in [6.45, 7) is 5.30. The van der Waals surface area contributed by atoms with Gasteiger partial charge in [-0.1, -0.05) is 13.8 Å². The quantitative estimate of drug-likeness (QED) is 0.325. The van der Waals surface area contributed by atoms with Crippen molar-refractivity contribution in [1.29, 1.82) is 0 Å². The van der Waals surface area contributed by atoms with E-state index in [4.69, 9.17) is 10.4 Å². The Bertz CT molecular complexity index is 574. The molecule has 0 aliphatic rings. The number of para-hydroxylation sites is 1. The molecule has 0 aromatic heterocycles. The van der Waals surface area contributed by atoms with Crippen molar-refractivity contribution in [3.05, 3.63) is 24.3 Å². The van der Waals surface area contributed by atoms with E-state index in [1.54, 1.807) is 6.07 Å². The molecule has 4 N–H and O–H groups in total. The fourth-order valence-electron chi connectivity index (χ4n) is 1.47. The predicted molar refractivity (Wildman–Crippen MR) is 84.5 cm³/mol. The number of anilines is 1. The van der Waals surface area contributed by atoms with Gasteiger partial charge in [0.2, 0.25) is 0 Å². The summed E-state index contributed by atoms with van der Waals surface area (Å²) >= 11 is -4.92. The molecule has 0 spiro atoms. The summed E-state index contributed by atoms with van der Waals surface area (Å²) in [6, 6.07) is 5.84. The van der Waals surface area contributed by atoms with Crippen molar-refractivity contribution in [2.75, 3.05) is 5.32 Å². The van der Waals surface area contributed by atoms with E-state index in [9.17, 15) is 17.4 Å². The Morgan fingerprint density at radius 2 is 1.87 bits per heavy atom. The molecule has 1 aromatic rings. The first-order chi connectivity index (χ1) is 10.6. The molecular formula is C14H22AsNO7. The van der Waals surface area contributed by atoms with Crippen molar-refractivity contribution in [3.63, 3.8) is 0 Å². The fourth-order valence-corrected chi connectivity index (χ4v) is 3.14. The largest absolute Gasteiger partial charge is 0.481 e. The van der Waals surface area contributed by atoms with Crippen LogP contribution in [0, 0.1) is 5.92 Å². The second-order valence-electron chi connectivity index (χ2n) is 5.13. The average molecular weight is 391 g/mol. The fraction of sp³-hybridized carbons (Fsp3) is 0.429. The van der Waals surface area contributed by atoms with Crippen LogP contribution in [-0.4, -0.2) is 40.5 Å². The van der Waals surface area contributed by atoms with Gasteiger partial charge in [0.15, 0.2) is 0 Å². The van der Waals surface area contributed by atoms with E-state index in [0.717, 1.165) is 6.42 Å². The molecule has 23 heavy (non-hydrogen) atoms. The van der Waals surface area contributed by atoms with Crippen molar-refractivity contribution >= 4 is 36.1 Å². The van der Waals surface area contributed by atoms with Gasteiger partial charge in [0.05, 0.1) is 0 Å². The molecule has 0 heterocycles. The van der Waals surface area contributed by atoms with E-state index in [0.29, 0.717) is 12.3 Å². The van der Waals surface area contributed by atoms with Crippen LogP contribution in [-0.2, 0) is 17.2 Å². The van der Waals surface area contributed by atoms with Crippen LogP contribution in [0.5, 0.6) is 0 Å². The Kier molecular flexibility index (Phi) is 9.51. The van der Waals surface area contributed by atoms with Gasteiger partial charge in [-0.05, 0) is 12.3 Å². The van der Waals surface area contributed by atoms with Crippen LogP contribution in [0.25, 0.3) is 0 Å². The van der Waals surface area contributed by atoms with Crippen LogP contribution in [0.2, 0.25) is 0 Å². The Morgan fingerprint density at radius 1 is 1.30 bits per heavy atom. The van der Waals surface area contributed by atoms with Crippen LogP contribution >= 0.6 is 0 Å². The van der Waals surface area contributed by atoms with Crippen LogP contribution in [0.15, 0.2) is 24.3 Å². The molecule has 1 unspecified atom stereocenters. The van der Waals surface area contributed by atoms with E-state index in [-0.39, 0.29) is 15.9 Å². The number of carbonyl (C=O) groups is 2. The Hall–Kier alpha value is -1.60. The zero-order valence-corrected chi connectivity index (χ0v) is 15.1. The van der Waals surface area contributed by atoms with Gasteiger partial charge in [-0.15, -0.1) is 0 Å². The average Bonchev–Trinajstić information content (AvgIpc) is 2.45. The van der Waals surface area contributed by atoms with Crippen molar-refractivity contribution in [2.24, 2.45) is 5.92 Å². The number of amides is 1. The van der Waals surface area contributed by atoms with Crippen molar-refractivity contribution < 1.29 is 31.7 Å². The number of benzene rings is 1. The maximum atomic E-state index is 11.4. The molecule has 0 bridgehead atoms. The Balaban J connectivity index is 0.000000515. The second kappa shape index (κ2) is 10.2. The zero-order valence-electron chi connectivity index (χ0n) is 13.2. The number of aliphatic carboxylic acids is 1. The van der Waals surface area contributed by atoms with E-state index < -0.39 is 20.1 Å². The second-order valence-corrected chi connectivity index (χ2v) is 8.66. The maximum absolute atomic E-state index is 11.4. The van der Waals surface area contributed by atoms with Crippen LogP contribution < -0.4 is 9.67 Å². The van der Waals surface area contributed by atoms with Crippen molar-refractivity contribution in [1.82, 2.24) is 0 Å². The van der Waals surface area contributed by atoms with Gasteiger partial charge in [0.1, 0.15) is 0 Å². The molecule has 1 atom stereocenters. The normalized spacial score (nSPS) is 12.8. The van der Waals surface area contributed by atoms with E-state index in [1.165, 1.54) is 25.1 Å². The number of carboxylic acid groups (broad SMARTS) is 1. The molecule has 130 valence electrons. The van der Waals surface area contributed by atoms with Gasteiger partial charge in [0.25, 0.3) is 0 Å². The van der Waals surface area contributed by atoms with E-state index >= 15 is 0 Å². The number of hydrogen-bond acceptors (Lipinski definition) is 5. The van der Waals surface area contributed by atoms with Crippen molar-refractivity contribution in [3.8, 4) is 0 Å². The summed E-state index contributed by atoms with van der Waals surface area (Å²) < 4.78 is 24.1. The topological polar surface area (TPSA) is 133 Å². The smallest absolute Gasteiger partial charge is 0.303 e. The molecule has 1 rings (SSSR count). The molecule has 0 fully saturated rings. The summed E-state index contributed by atoms with van der Waals surface area (Å²) in [5, 5.41) is 18.8. The maximum Gasteiger partial charge on any atom is 0.303 e. The minimum absolute atomic E-state index is 0.103. The third-order valence-corrected chi connectivity index (χ3v) is 5.13. The molecule has 1 amide bonds. The van der Waals surface area contributed by atoms with Crippen molar-refractivity contribution in [2.45, 2.75) is 33.6 Å². The van der Waals surface area contributed by atoms with Crippen LogP contribution in [0.1, 0.15) is 33.6 Å². The minimum atomic E-state index is -4.92. The predicted octanol–water partition coefficient (Wildman–Crippen LogP) is 1.21. The Morgan fingerprint density at radius 3 is 2.26 bits per heavy atom.